The van der Waals surface area contributed by atoms with Gasteiger partial charge in [0.1, 0.15) is 0 Å². The minimum atomic E-state index is -2.17. The number of benzene rings is 1. The summed E-state index contributed by atoms with van der Waals surface area (Å²) in [5.74, 6) is 0. The molecule has 0 atom stereocenters. The van der Waals surface area contributed by atoms with Gasteiger partial charge in [0.2, 0.25) is 0 Å². The molecule has 0 heterocycles. The van der Waals surface area contributed by atoms with Crippen molar-refractivity contribution in [3.05, 3.63) is 30.3 Å². The van der Waals surface area contributed by atoms with Crippen LogP contribution in [0.2, 0.25) is 0 Å². The second-order valence-corrected chi connectivity index (χ2v) is 1.76. The normalized spacial score (nSPS) is 6.69. The molecule has 7 heteroatoms. The van der Waals surface area contributed by atoms with Crippen molar-refractivity contribution in [1.29, 1.82) is 0 Å². The van der Waals surface area contributed by atoms with E-state index >= 15 is 0 Å². The summed E-state index contributed by atoms with van der Waals surface area (Å²) in [5, 5.41) is 21.5. The molecule has 0 spiro atoms. The van der Waals surface area contributed by atoms with Crippen molar-refractivity contribution in [2.45, 2.75) is 0 Å². The van der Waals surface area contributed by atoms with Crippen LogP contribution in [0, 0.1) is 0 Å². The van der Waals surface area contributed by atoms with Crippen molar-refractivity contribution in [2.24, 2.45) is 0 Å². The molecule has 0 unspecified atom stereocenters. The molecule has 0 saturated carbocycles. The Kier molecular flexibility index (Phi) is 17.0. The zero-order chi connectivity index (χ0) is 8.69. The zero-order valence-corrected chi connectivity index (χ0v) is 7.11. The van der Waals surface area contributed by atoms with Crippen LogP contribution in [-0.2, 0) is 0 Å². The first-order chi connectivity index (χ1) is 5.13. The average molecular weight is 199 g/mol. The number of hydrogen-bond donors (Lipinski definition) is 4. The van der Waals surface area contributed by atoms with E-state index < -0.39 is 7.32 Å². The topological polar surface area (TPSA) is 86.7 Å². The first kappa shape index (κ1) is 18.6. The predicted octanol–water partition coefficient (Wildman–Crippen LogP) is -1.01. The molecule has 0 saturated heterocycles. The van der Waals surface area contributed by atoms with E-state index in [1.807, 2.05) is 30.3 Å². The zero-order valence-electron chi connectivity index (χ0n) is 6.29. The minimum absolute atomic E-state index is 0. The predicted molar refractivity (Wildman–Crippen MR) is 57.7 cm³/mol. The van der Waals surface area contributed by atoms with Crippen molar-refractivity contribution in [1.82, 2.24) is 0 Å². The maximum absolute atomic E-state index is 7.17. The van der Waals surface area contributed by atoms with Crippen molar-refractivity contribution in [3.63, 3.8) is 0 Å². The Morgan fingerprint density at radius 3 is 1.46 bits per heavy atom. The van der Waals surface area contributed by atoms with Gasteiger partial charge in [-0.3, -0.25) is 0 Å². The maximum atomic E-state index is 7.17. The molecule has 13 heavy (non-hydrogen) atoms. The number of hydrogen-bond acceptors (Lipinski definition) is 4. The fourth-order valence-corrected chi connectivity index (χ4v) is 0.453. The summed E-state index contributed by atoms with van der Waals surface area (Å²) in [4.78, 5) is 0. The van der Waals surface area contributed by atoms with Crippen molar-refractivity contribution in [3.8, 4) is 0 Å². The monoisotopic (exact) mass is 199 g/mol. The van der Waals surface area contributed by atoms with Gasteiger partial charge in [0.15, 0.2) is 0 Å². The second-order valence-electron chi connectivity index (χ2n) is 1.76. The summed E-state index contributed by atoms with van der Waals surface area (Å²) >= 11 is 0. The number of rotatable bonds is 0. The molecule has 0 fully saturated rings. The van der Waals surface area contributed by atoms with Gasteiger partial charge in [0, 0.05) is 5.69 Å². The Hall–Kier alpha value is -0.148. The molecule has 1 aromatic carbocycles. The van der Waals surface area contributed by atoms with Crippen LogP contribution in [0.25, 0.3) is 0 Å². The Labute approximate surface area is 95.5 Å². The van der Waals surface area contributed by atoms with Gasteiger partial charge in [-0.2, -0.15) is 0 Å². The van der Waals surface area contributed by atoms with Gasteiger partial charge in [-0.05, 0) is 12.1 Å². The molecule has 70 valence electrons. The van der Waals surface area contributed by atoms with Crippen LogP contribution >= 0.6 is 12.4 Å². The van der Waals surface area contributed by atoms with Crippen LogP contribution in [0.5, 0.6) is 0 Å². The van der Waals surface area contributed by atoms with Crippen LogP contribution < -0.4 is 5.73 Å². The molecule has 0 amide bonds. The summed E-state index contributed by atoms with van der Waals surface area (Å²) in [6.07, 6.45) is 0. The van der Waals surface area contributed by atoms with E-state index in [0.29, 0.717) is 0 Å². The molecular weight excluding hydrogens is 187 g/mol. The van der Waals surface area contributed by atoms with E-state index in [1.165, 1.54) is 0 Å². The number of para-hydroxylation sites is 1. The van der Waals surface area contributed by atoms with Crippen LogP contribution in [-0.4, -0.2) is 41.3 Å². The third kappa shape index (κ3) is 18.7. The summed E-state index contributed by atoms with van der Waals surface area (Å²) in [6.45, 7) is 0. The molecule has 0 radical (unpaired) electrons. The third-order valence-electron chi connectivity index (χ3n) is 0.800. The van der Waals surface area contributed by atoms with E-state index in [0.717, 1.165) is 5.69 Å². The molecule has 0 aliphatic heterocycles. The molecular formula is C6H12BClLiNO3. The SMILES string of the molecule is Cl.Nc1ccccc1.OB(O)O.[LiH]. The van der Waals surface area contributed by atoms with Gasteiger partial charge in [-0.1, -0.05) is 18.2 Å². The summed E-state index contributed by atoms with van der Waals surface area (Å²) in [5.41, 5.74) is 6.18. The molecule has 1 aromatic rings. The second kappa shape index (κ2) is 11.9. The summed E-state index contributed by atoms with van der Waals surface area (Å²) < 4.78 is 0. The van der Waals surface area contributed by atoms with E-state index in [4.69, 9.17) is 20.8 Å². The molecule has 0 aromatic heterocycles. The number of halogens is 1. The first-order valence-electron chi connectivity index (χ1n) is 2.97. The number of nitrogen functional groups attached to an aromatic ring is 1. The first-order valence-corrected chi connectivity index (χ1v) is 2.97. The van der Waals surface area contributed by atoms with Gasteiger partial charge in [0.25, 0.3) is 0 Å². The number of nitrogens with two attached hydrogens (primary N) is 1. The van der Waals surface area contributed by atoms with Gasteiger partial charge in [-0.15, -0.1) is 12.4 Å². The quantitative estimate of drug-likeness (QED) is 0.318. The molecule has 0 bridgehead atoms. The van der Waals surface area contributed by atoms with Crippen LogP contribution in [0.4, 0.5) is 5.69 Å². The van der Waals surface area contributed by atoms with Gasteiger partial charge in [0.05, 0.1) is 0 Å². The van der Waals surface area contributed by atoms with Crippen molar-refractivity contribution < 1.29 is 15.1 Å². The van der Waals surface area contributed by atoms with Crippen LogP contribution in [0.1, 0.15) is 0 Å². The van der Waals surface area contributed by atoms with Gasteiger partial charge < -0.3 is 20.8 Å². The Morgan fingerprint density at radius 2 is 1.31 bits per heavy atom. The fourth-order valence-electron chi connectivity index (χ4n) is 0.453. The molecule has 0 aliphatic carbocycles. The molecule has 5 N–H and O–H groups in total. The van der Waals surface area contributed by atoms with Gasteiger partial charge >= 0.3 is 26.2 Å². The van der Waals surface area contributed by atoms with Gasteiger partial charge in [-0.25, -0.2) is 0 Å². The average Bonchev–Trinajstić information content (AvgIpc) is 1.87. The van der Waals surface area contributed by atoms with Crippen molar-refractivity contribution >= 4 is 44.3 Å². The van der Waals surface area contributed by atoms with Crippen molar-refractivity contribution in [2.75, 3.05) is 5.73 Å². The summed E-state index contributed by atoms with van der Waals surface area (Å²) in [7, 11) is -2.17. The Balaban J connectivity index is -0.000000150. The van der Waals surface area contributed by atoms with Crippen LogP contribution in [0.3, 0.4) is 0 Å². The fraction of sp³-hybridized carbons (Fsp3) is 0. The Bertz CT molecular complexity index is 188. The standard InChI is InChI=1S/C6H7N.BH3O3.ClH.Li.H/c7-6-4-2-1-3-5-6;2-1(3)4;;;/h1-5H,7H2;2-4H;1H;;. The van der Waals surface area contributed by atoms with E-state index in [-0.39, 0.29) is 31.3 Å². The third-order valence-corrected chi connectivity index (χ3v) is 0.800. The Morgan fingerprint density at radius 1 is 1.00 bits per heavy atom. The molecule has 4 nitrogen and oxygen atoms in total. The van der Waals surface area contributed by atoms with E-state index in [1.54, 1.807) is 0 Å². The van der Waals surface area contributed by atoms with E-state index in [9.17, 15) is 0 Å². The number of anilines is 1. The molecule has 0 aliphatic rings. The van der Waals surface area contributed by atoms with Crippen LogP contribution in [0.15, 0.2) is 30.3 Å². The van der Waals surface area contributed by atoms with E-state index in [2.05, 4.69) is 0 Å². The molecule has 1 rings (SSSR count). The summed E-state index contributed by atoms with van der Waals surface area (Å²) in [6, 6.07) is 9.49.